The van der Waals surface area contributed by atoms with E-state index in [1.54, 1.807) is 13.8 Å². The molecule has 0 aliphatic rings. The Morgan fingerprint density at radius 2 is 2.23 bits per heavy atom. The summed E-state index contributed by atoms with van der Waals surface area (Å²) in [5.74, 6) is 0. The van der Waals surface area contributed by atoms with Gasteiger partial charge < -0.3 is 10.5 Å². The van der Waals surface area contributed by atoms with Gasteiger partial charge in [-0.2, -0.15) is 5.10 Å². The summed E-state index contributed by atoms with van der Waals surface area (Å²) in [5, 5.41) is 6.07. The van der Waals surface area contributed by atoms with E-state index in [1.165, 1.54) is 11.2 Å². The van der Waals surface area contributed by atoms with E-state index in [1.807, 2.05) is 0 Å². The maximum atomic E-state index is 10.3. The van der Waals surface area contributed by atoms with Crippen LogP contribution >= 0.6 is 11.6 Å². The minimum Gasteiger partial charge on any atom is -0.326 e. The van der Waals surface area contributed by atoms with Crippen LogP contribution in [0.5, 0.6) is 0 Å². The van der Waals surface area contributed by atoms with E-state index >= 15 is 0 Å². The number of aldehydes is 1. The molecule has 0 spiro atoms. The largest absolute Gasteiger partial charge is 0.326 e. The van der Waals surface area contributed by atoms with Crippen molar-refractivity contribution < 1.29 is 4.79 Å². The van der Waals surface area contributed by atoms with Crippen molar-refractivity contribution in [3.8, 4) is 0 Å². The highest BCUT2D eigenvalue weighted by atomic mass is 35.5. The van der Waals surface area contributed by atoms with Crippen LogP contribution in [0.4, 0.5) is 0 Å². The fourth-order valence-electron chi connectivity index (χ4n) is 0.665. The number of hydrazone groups is 1. The van der Waals surface area contributed by atoms with Gasteiger partial charge in [0.15, 0.2) is 0 Å². The minimum atomic E-state index is 0.187. The molecule has 4 nitrogen and oxygen atoms in total. The minimum absolute atomic E-state index is 0.187. The molecule has 0 aliphatic heterocycles. The second-order valence-electron chi connectivity index (χ2n) is 2.40. The topological polar surface area (TPSA) is 58.7 Å². The van der Waals surface area contributed by atoms with Crippen molar-refractivity contribution in [1.29, 1.82) is 0 Å². The molecule has 0 amide bonds. The molecule has 0 aromatic rings. The van der Waals surface area contributed by atoms with Gasteiger partial charge in [0, 0.05) is 23.5 Å². The Morgan fingerprint density at radius 3 is 2.62 bits per heavy atom. The van der Waals surface area contributed by atoms with Crippen LogP contribution in [0.25, 0.3) is 0 Å². The van der Waals surface area contributed by atoms with Crippen molar-refractivity contribution in [2.75, 3.05) is 13.1 Å². The van der Waals surface area contributed by atoms with Crippen LogP contribution in [0, 0.1) is 0 Å². The first kappa shape index (κ1) is 12.1. The Balaban J connectivity index is 4.50. The number of halogens is 1. The molecule has 0 aromatic heterocycles. The third-order valence-corrected chi connectivity index (χ3v) is 1.73. The quantitative estimate of drug-likeness (QED) is 0.411. The standard InChI is InChI=1S/C8H14ClN3O/c1-7(9)8(2)12(5-6-13)11-4-3-10/h4,6H,3,5,10H2,1-2H3/b8-7+,11-4+. The van der Waals surface area contributed by atoms with E-state index < -0.39 is 0 Å². The summed E-state index contributed by atoms with van der Waals surface area (Å²) in [4.78, 5) is 10.3. The van der Waals surface area contributed by atoms with E-state index in [2.05, 4.69) is 5.10 Å². The second kappa shape index (κ2) is 6.62. The molecule has 74 valence electrons. The van der Waals surface area contributed by atoms with Gasteiger partial charge in [-0.15, -0.1) is 0 Å². The number of rotatable bonds is 5. The predicted molar refractivity (Wildman–Crippen MR) is 54.5 cm³/mol. The first-order valence-corrected chi connectivity index (χ1v) is 4.28. The molecule has 5 heteroatoms. The average Bonchev–Trinajstić information content (AvgIpc) is 2.11. The van der Waals surface area contributed by atoms with Gasteiger partial charge in [-0.1, -0.05) is 11.6 Å². The van der Waals surface area contributed by atoms with Crippen LogP contribution in [-0.4, -0.2) is 30.6 Å². The summed E-state index contributed by atoms with van der Waals surface area (Å²) < 4.78 is 0. The van der Waals surface area contributed by atoms with Gasteiger partial charge in [-0.3, -0.25) is 5.01 Å². The zero-order valence-electron chi connectivity index (χ0n) is 7.83. The zero-order valence-corrected chi connectivity index (χ0v) is 8.58. The number of carbonyl (C=O) groups is 1. The molecular formula is C8H14ClN3O. The van der Waals surface area contributed by atoms with Crippen molar-refractivity contribution >= 4 is 24.1 Å². The second-order valence-corrected chi connectivity index (χ2v) is 2.97. The van der Waals surface area contributed by atoms with Gasteiger partial charge in [0.1, 0.15) is 6.29 Å². The first-order valence-electron chi connectivity index (χ1n) is 3.90. The zero-order chi connectivity index (χ0) is 10.3. The van der Waals surface area contributed by atoms with Gasteiger partial charge in [-0.25, -0.2) is 0 Å². The molecule has 0 radical (unpaired) electrons. The highest BCUT2D eigenvalue weighted by Gasteiger charge is 2.03. The lowest BCUT2D eigenvalue weighted by Gasteiger charge is -2.16. The molecule has 0 saturated heterocycles. The predicted octanol–water partition coefficient (Wildman–Crippen LogP) is 0.922. The third kappa shape index (κ3) is 4.65. The lowest BCUT2D eigenvalue weighted by Crippen LogP contribution is -2.19. The Kier molecular flexibility index (Phi) is 6.18. The normalized spacial score (nSPS) is 12.9. The lowest BCUT2D eigenvalue weighted by atomic mass is 10.4. The third-order valence-electron chi connectivity index (χ3n) is 1.46. The molecule has 0 aromatic carbocycles. The molecule has 0 rings (SSSR count). The molecule has 0 aliphatic carbocycles. The first-order chi connectivity index (χ1) is 6.13. The molecule has 0 atom stereocenters. The van der Waals surface area contributed by atoms with Gasteiger partial charge in [0.25, 0.3) is 0 Å². The van der Waals surface area contributed by atoms with Crippen molar-refractivity contribution in [1.82, 2.24) is 5.01 Å². The summed E-state index contributed by atoms with van der Waals surface area (Å²) in [7, 11) is 0. The van der Waals surface area contributed by atoms with E-state index in [9.17, 15) is 4.79 Å². The van der Waals surface area contributed by atoms with E-state index in [0.29, 0.717) is 11.6 Å². The Bertz CT molecular complexity index is 221. The van der Waals surface area contributed by atoms with Gasteiger partial charge in [-0.05, 0) is 13.8 Å². The van der Waals surface area contributed by atoms with Crippen LogP contribution in [0.15, 0.2) is 15.8 Å². The van der Waals surface area contributed by atoms with Crippen LogP contribution in [0.2, 0.25) is 0 Å². The van der Waals surface area contributed by atoms with Crippen LogP contribution in [0.3, 0.4) is 0 Å². The molecule has 0 fully saturated rings. The maximum absolute atomic E-state index is 10.3. The number of nitrogens with two attached hydrogens (primary N) is 1. The highest BCUT2D eigenvalue weighted by Crippen LogP contribution is 2.12. The van der Waals surface area contributed by atoms with Crippen molar-refractivity contribution in [3.05, 3.63) is 10.7 Å². The molecule has 2 N–H and O–H groups in total. The maximum Gasteiger partial charge on any atom is 0.141 e. The van der Waals surface area contributed by atoms with Crippen LogP contribution in [0.1, 0.15) is 13.8 Å². The monoisotopic (exact) mass is 203 g/mol. The van der Waals surface area contributed by atoms with Crippen LogP contribution in [-0.2, 0) is 4.79 Å². The number of hydrogen-bond acceptors (Lipinski definition) is 4. The number of hydrogen-bond donors (Lipinski definition) is 1. The summed E-state index contributed by atoms with van der Waals surface area (Å²) in [5.41, 5.74) is 5.98. The Hall–Kier alpha value is -0.870. The molecule has 0 bridgehead atoms. The van der Waals surface area contributed by atoms with E-state index in [4.69, 9.17) is 17.3 Å². The fraction of sp³-hybridized carbons (Fsp3) is 0.500. The van der Waals surface area contributed by atoms with Gasteiger partial charge in [0.2, 0.25) is 0 Å². The summed E-state index contributed by atoms with van der Waals surface area (Å²) in [6, 6.07) is 0. The molecule has 0 unspecified atom stereocenters. The van der Waals surface area contributed by atoms with Gasteiger partial charge >= 0.3 is 0 Å². The summed E-state index contributed by atoms with van der Waals surface area (Å²) in [6.07, 6.45) is 2.28. The number of nitrogens with zero attached hydrogens (tertiary/aromatic N) is 2. The Labute approximate surface area is 83.0 Å². The average molecular weight is 204 g/mol. The molecule has 13 heavy (non-hydrogen) atoms. The summed E-state index contributed by atoms with van der Waals surface area (Å²) >= 11 is 5.75. The van der Waals surface area contributed by atoms with Crippen molar-refractivity contribution in [2.24, 2.45) is 10.8 Å². The summed E-state index contributed by atoms with van der Waals surface area (Å²) in [6.45, 7) is 4.06. The number of carbonyl (C=O) groups excluding carboxylic acids is 1. The van der Waals surface area contributed by atoms with E-state index in [-0.39, 0.29) is 6.54 Å². The smallest absolute Gasteiger partial charge is 0.141 e. The lowest BCUT2D eigenvalue weighted by molar-refractivity contribution is -0.108. The molecule has 0 heterocycles. The SMILES string of the molecule is C/C(Cl)=C(/C)N(CC=O)/N=C/CN. The highest BCUT2D eigenvalue weighted by molar-refractivity contribution is 6.29. The Morgan fingerprint density at radius 1 is 1.62 bits per heavy atom. The fourth-order valence-corrected chi connectivity index (χ4v) is 0.762. The molecular weight excluding hydrogens is 190 g/mol. The van der Waals surface area contributed by atoms with Crippen molar-refractivity contribution in [3.63, 3.8) is 0 Å². The van der Waals surface area contributed by atoms with Crippen LogP contribution < -0.4 is 5.73 Å². The van der Waals surface area contributed by atoms with Crippen molar-refractivity contribution in [2.45, 2.75) is 13.8 Å². The molecule has 0 saturated carbocycles. The van der Waals surface area contributed by atoms with E-state index in [0.717, 1.165) is 12.0 Å². The number of allylic oxidation sites excluding steroid dienone is 2. The van der Waals surface area contributed by atoms with Gasteiger partial charge in [0.05, 0.1) is 6.54 Å².